The maximum absolute atomic E-state index is 11.6. The molecule has 0 fully saturated rings. The lowest BCUT2D eigenvalue weighted by Gasteiger charge is -2.07. The van der Waals surface area contributed by atoms with E-state index in [1.165, 1.54) is 0 Å². The third-order valence-electron chi connectivity index (χ3n) is 2.20. The van der Waals surface area contributed by atoms with E-state index in [0.29, 0.717) is 5.56 Å². The first-order valence-corrected chi connectivity index (χ1v) is 5.79. The molecule has 0 amide bonds. The minimum absolute atomic E-state index is 0.175. The molecule has 1 aromatic carbocycles. The predicted octanol–water partition coefficient (Wildman–Crippen LogP) is 1.88. The molecule has 1 aromatic rings. The molecule has 0 saturated carbocycles. The third kappa shape index (κ3) is 5.12. The number of ether oxygens (including phenoxy) is 2. The van der Waals surface area contributed by atoms with Crippen LogP contribution in [0.2, 0.25) is 0 Å². The second-order valence-corrected chi connectivity index (χ2v) is 3.89. The molecular formula is C14H18O4. The second kappa shape index (κ2) is 7.63. The van der Waals surface area contributed by atoms with Crippen LogP contribution in [0, 0.1) is 0 Å². The number of aliphatic hydroxyl groups is 1. The molecule has 18 heavy (non-hydrogen) atoms. The number of carbonyl (C=O) groups excluding carboxylic acids is 1. The number of hydrogen-bond acceptors (Lipinski definition) is 4. The Morgan fingerprint density at radius 3 is 2.61 bits per heavy atom. The van der Waals surface area contributed by atoms with Crippen LogP contribution in [0.3, 0.4) is 0 Å². The molecule has 0 aliphatic rings. The van der Waals surface area contributed by atoms with Crippen LogP contribution >= 0.6 is 0 Å². The SMILES string of the molecule is C=Cc1ccc(C(=O)OCCOCC(C)O)cc1. The lowest BCUT2D eigenvalue weighted by Crippen LogP contribution is -2.15. The van der Waals surface area contributed by atoms with Crippen LogP contribution in [0.5, 0.6) is 0 Å². The average molecular weight is 250 g/mol. The first-order chi connectivity index (χ1) is 8.63. The standard InChI is InChI=1S/C14H18O4/c1-3-12-4-6-13(7-5-12)14(16)18-9-8-17-10-11(2)15/h3-7,11,15H,1,8-10H2,2H3. The van der Waals surface area contributed by atoms with Gasteiger partial charge in [-0.15, -0.1) is 0 Å². The summed E-state index contributed by atoms with van der Waals surface area (Å²) >= 11 is 0. The molecule has 0 saturated heterocycles. The summed E-state index contributed by atoms with van der Waals surface area (Å²) in [5, 5.41) is 8.95. The summed E-state index contributed by atoms with van der Waals surface area (Å²) < 4.78 is 10.1. The van der Waals surface area contributed by atoms with Gasteiger partial charge in [-0.05, 0) is 24.6 Å². The molecule has 4 heteroatoms. The molecule has 98 valence electrons. The molecule has 0 aliphatic heterocycles. The van der Waals surface area contributed by atoms with E-state index in [-0.39, 0.29) is 25.8 Å². The van der Waals surface area contributed by atoms with Crippen molar-refractivity contribution >= 4 is 12.0 Å². The van der Waals surface area contributed by atoms with Crippen LogP contribution in [-0.4, -0.2) is 37.0 Å². The zero-order valence-corrected chi connectivity index (χ0v) is 10.5. The van der Waals surface area contributed by atoms with Crippen LogP contribution in [-0.2, 0) is 9.47 Å². The maximum atomic E-state index is 11.6. The number of hydrogen-bond donors (Lipinski definition) is 1. The Balaban J connectivity index is 2.29. The Kier molecular flexibility index (Phi) is 6.11. The van der Waals surface area contributed by atoms with E-state index in [1.54, 1.807) is 37.3 Å². The van der Waals surface area contributed by atoms with Crippen molar-refractivity contribution < 1.29 is 19.4 Å². The molecule has 0 spiro atoms. The highest BCUT2D eigenvalue weighted by molar-refractivity contribution is 5.89. The van der Waals surface area contributed by atoms with Crippen LogP contribution in [0.25, 0.3) is 6.08 Å². The number of aliphatic hydroxyl groups excluding tert-OH is 1. The first kappa shape index (κ1) is 14.4. The van der Waals surface area contributed by atoms with E-state index >= 15 is 0 Å². The summed E-state index contributed by atoms with van der Waals surface area (Å²) in [5.74, 6) is -0.383. The van der Waals surface area contributed by atoms with Gasteiger partial charge in [-0.1, -0.05) is 24.8 Å². The summed E-state index contributed by atoms with van der Waals surface area (Å²) in [7, 11) is 0. The number of rotatable bonds is 7. The van der Waals surface area contributed by atoms with Crippen LogP contribution in [0.1, 0.15) is 22.8 Å². The minimum atomic E-state index is -0.507. The van der Waals surface area contributed by atoms with Gasteiger partial charge in [0.15, 0.2) is 0 Å². The van der Waals surface area contributed by atoms with Crippen molar-refractivity contribution in [3.63, 3.8) is 0 Å². The highest BCUT2D eigenvalue weighted by atomic mass is 16.6. The molecule has 1 unspecified atom stereocenters. The average Bonchev–Trinajstić information content (AvgIpc) is 2.38. The fourth-order valence-electron chi connectivity index (χ4n) is 1.29. The predicted molar refractivity (Wildman–Crippen MR) is 69.3 cm³/mol. The molecule has 0 aliphatic carbocycles. The van der Waals surface area contributed by atoms with E-state index in [2.05, 4.69) is 6.58 Å². The molecule has 0 radical (unpaired) electrons. The van der Waals surface area contributed by atoms with Crippen molar-refractivity contribution in [1.29, 1.82) is 0 Å². The van der Waals surface area contributed by atoms with Crippen LogP contribution in [0.4, 0.5) is 0 Å². The monoisotopic (exact) mass is 250 g/mol. The van der Waals surface area contributed by atoms with E-state index in [9.17, 15) is 4.79 Å². The van der Waals surface area contributed by atoms with Gasteiger partial charge in [0.2, 0.25) is 0 Å². The zero-order chi connectivity index (χ0) is 13.4. The van der Waals surface area contributed by atoms with Gasteiger partial charge in [-0.25, -0.2) is 4.79 Å². The fourth-order valence-corrected chi connectivity index (χ4v) is 1.29. The summed E-state index contributed by atoms with van der Waals surface area (Å²) in [6.07, 6.45) is 1.20. The quantitative estimate of drug-likeness (QED) is 0.593. The van der Waals surface area contributed by atoms with Gasteiger partial charge in [0.1, 0.15) is 6.61 Å². The third-order valence-corrected chi connectivity index (χ3v) is 2.20. The minimum Gasteiger partial charge on any atom is -0.460 e. The summed E-state index contributed by atoms with van der Waals surface area (Å²) in [6, 6.07) is 6.98. The van der Waals surface area contributed by atoms with Crippen LogP contribution < -0.4 is 0 Å². The van der Waals surface area contributed by atoms with Gasteiger partial charge < -0.3 is 14.6 Å². The maximum Gasteiger partial charge on any atom is 0.338 e. The topological polar surface area (TPSA) is 55.8 Å². The Morgan fingerprint density at radius 1 is 1.39 bits per heavy atom. The van der Waals surface area contributed by atoms with Crippen molar-refractivity contribution in [2.75, 3.05) is 19.8 Å². The summed E-state index contributed by atoms with van der Waals surface area (Å²) in [5.41, 5.74) is 1.45. The normalized spacial score (nSPS) is 11.9. The molecular weight excluding hydrogens is 232 g/mol. The van der Waals surface area contributed by atoms with Gasteiger partial charge >= 0.3 is 5.97 Å². The molecule has 4 nitrogen and oxygen atoms in total. The zero-order valence-electron chi connectivity index (χ0n) is 10.5. The van der Waals surface area contributed by atoms with Crippen molar-refractivity contribution in [3.05, 3.63) is 42.0 Å². The fraction of sp³-hybridized carbons (Fsp3) is 0.357. The van der Waals surface area contributed by atoms with E-state index < -0.39 is 6.10 Å². The Hall–Kier alpha value is -1.65. The molecule has 1 rings (SSSR count). The van der Waals surface area contributed by atoms with Crippen molar-refractivity contribution in [2.24, 2.45) is 0 Å². The van der Waals surface area contributed by atoms with E-state index in [1.807, 2.05) is 0 Å². The van der Waals surface area contributed by atoms with Crippen molar-refractivity contribution in [3.8, 4) is 0 Å². The number of benzene rings is 1. The van der Waals surface area contributed by atoms with E-state index in [4.69, 9.17) is 14.6 Å². The van der Waals surface area contributed by atoms with Crippen molar-refractivity contribution in [1.82, 2.24) is 0 Å². The summed E-state index contributed by atoms with van der Waals surface area (Å²) in [6.45, 7) is 5.96. The highest BCUT2D eigenvalue weighted by Gasteiger charge is 2.06. The van der Waals surface area contributed by atoms with Gasteiger partial charge in [-0.2, -0.15) is 0 Å². The molecule has 1 N–H and O–H groups in total. The first-order valence-electron chi connectivity index (χ1n) is 5.79. The highest BCUT2D eigenvalue weighted by Crippen LogP contribution is 2.06. The number of carbonyl (C=O) groups is 1. The van der Waals surface area contributed by atoms with Crippen LogP contribution in [0.15, 0.2) is 30.8 Å². The second-order valence-electron chi connectivity index (χ2n) is 3.89. The number of esters is 1. The Labute approximate surface area is 107 Å². The Morgan fingerprint density at radius 2 is 2.06 bits per heavy atom. The van der Waals surface area contributed by atoms with E-state index in [0.717, 1.165) is 5.56 Å². The van der Waals surface area contributed by atoms with Gasteiger partial charge in [0.25, 0.3) is 0 Å². The molecule has 0 heterocycles. The lowest BCUT2D eigenvalue weighted by atomic mass is 10.1. The lowest BCUT2D eigenvalue weighted by molar-refractivity contribution is 0.0111. The van der Waals surface area contributed by atoms with Gasteiger partial charge in [0, 0.05) is 0 Å². The molecule has 0 aromatic heterocycles. The smallest absolute Gasteiger partial charge is 0.338 e. The molecule has 1 atom stereocenters. The largest absolute Gasteiger partial charge is 0.460 e. The summed E-state index contributed by atoms with van der Waals surface area (Å²) in [4.78, 5) is 11.6. The van der Waals surface area contributed by atoms with Crippen molar-refractivity contribution in [2.45, 2.75) is 13.0 Å². The Bertz CT molecular complexity index is 381. The molecule has 0 bridgehead atoms. The van der Waals surface area contributed by atoms with Gasteiger partial charge in [0.05, 0.1) is 24.9 Å². The van der Waals surface area contributed by atoms with Gasteiger partial charge in [-0.3, -0.25) is 0 Å².